The highest BCUT2D eigenvalue weighted by Crippen LogP contribution is 2.41. The normalized spacial score (nSPS) is 19.4. The van der Waals surface area contributed by atoms with Crippen molar-refractivity contribution in [3.8, 4) is 0 Å². The van der Waals surface area contributed by atoms with E-state index in [1.54, 1.807) is 11.8 Å². The first-order valence-corrected chi connectivity index (χ1v) is 17.4. The summed E-state index contributed by atoms with van der Waals surface area (Å²) < 4.78 is 24.8. The highest BCUT2D eigenvalue weighted by Gasteiger charge is 2.50. The second-order valence-corrected chi connectivity index (χ2v) is 17.8. The Balaban J connectivity index is 2.11. The van der Waals surface area contributed by atoms with Gasteiger partial charge in [0.2, 0.25) is 0 Å². The molecule has 1 fully saturated rings. The molecule has 2 aromatic carbocycles. The van der Waals surface area contributed by atoms with E-state index in [1.165, 1.54) is 0 Å². The number of nitrogens with one attached hydrogen (secondary N) is 1. The third-order valence-corrected chi connectivity index (χ3v) is 12.1. The summed E-state index contributed by atoms with van der Waals surface area (Å²) in [6.07, 6.45) is -2.10. The molecule has 41 heavy (non-hydrogen) atoms. The highest BCUT2D eigenvalue weighted by atomic mass is 28.4. The lowest BCUT2D eigenvalue weighted by atomic mass is 9.99. The third kappa shape index (κ3) is 8.80. The van der Waals surface area contributed by atoms with Gasteiger partial charge in [0.05, 0.1) is 25.3 Å². The molecule has 3 rings (SSSR count). The Morgan fingerprint density at radius 2 is 1.59 bits per heavy atom. The molecule has 0 aliphatic carbocycles. The van der Waals surface area contributed by atoms with Crippen LogP contribution in [0.15, 0.2) is 60.7 Å². The summed E-state index contributed by atoms with van der Waals surface area (Å²) in [6, 6.07) is 18.7. The molecule has 0 aromatic heterocycles. The van der Waals surface area contributed by atoms with Crippen LogP contribution in [0.25, 0.3) is 0 Å². The third-order valence-electron chi connectivity index (χ3n) is 7.61. The minimum atomic E-state index is -2.45. The maximum Gasteiger partial charge on any atom is 0.412 e. The van der Waals surface area contributed by atoms with Gasteiger partial charge in [0.15, 0.2) is 14.5 Å². The molecule has 0 bridgehead atoms. The predicted molar refractivity (Wildman–Crippen MR) is 163 cm³/mol. The van der Waals surface area contributed by atoms with E-state index < -0.39 is 44.5 Å². The van der Waals surface area contributed by atoms with Crippen LogP contribution in [-0.2, 0) is 25.1 Å². The maximum absolute atomic E-state index is 13.6. The lowest BCUT2D eigenvalue weighted by Gasteiger charge is -2.44. The summed E-state index contributed by atoms with van der Waals surface area (Å²) >= 11 is 0. The van der Waals surface area contributed by atoms with E-state index in [9.17, 15) is 9.59 Å². The lowest BCUT2D eigenvalue weighted by Crippen LogP contribution is -2.60. The Kier molecular flexibility index (Phi) is 10.7. The molecule has 1 aliphatic heterocycles. The number of amides is 2. The van der Waals surface area contributed by atoms with E-state index in [1.807, 2.05) is 81.4 Å². The quantitative estimate of drug-likeness (QED) is 0.317. The van der Waals surface area contributed by atoms with E-state index in [0.717, 1.165) is 11.1 Å². The molecule has 2 aromatic rings. The van der Waals surface area contributed by atoms with Crippen molar-refractivity contribution in [2.75, 3.05) is 13.2 Å². The van der Waals surface area contributed by atoms with Crippen LogP contribution in [-0.4, -0.2) is 62.6 Å². The van der Waals surface area contributed by atoms with Crippen molar-refractivity contribution in [2.24, 2.45) is 0 Å². The number of hydrogen-bond donors (Lipinski definition) is 1. The number of benzene rings is 2. The van der Waals surface area contributed by atoms with Crippen molar-refractivity contribution in [1.82, 2.24) is 10.2 Å². The van der Waals surface area contributed by atoms with Gasteiger partial charge in [-0.2, -0.15) is 0 Å². The van der Waals surface area contributed by atoms with Gasteiger partial charge < -0.3 is 24.0 Å². The van der Waals surface area contributed by atoms with Crippen LogP contribution in [0.1, 0.15) is 65.6 Å². The average Bonchev–Trinajstić information content (AvgIpc) is 3.31. The Morgan fingerprint density at radius 3 is 2.12 bits per heavy atom. The van der Waals surface area contributed by atoms with Crippen LogP contribution < -0.4 is 5.32 Å². The molecule has 0 radical (unpaired) electrons. The van der Waals surface area contributed by atoms with E-state index in [0.29, 0.717) is 6.42 Å². The smallest absolute Gasteiger partial charge is 0.412 e. The summed E-state index contributed by atoms with van der Waals surface area (Å²) in [6.45, 7) is 18.6. The second kappa shape index (κ2) is 13.4. The molecule has 0 unspecified atom stereocenters. The molecule has 9 heteroatoms. The van der Waals surface area contributed by atoms with Gasteiger partial charge in [-0.3, -0.25) is 4.90 Å². The SMILES string of the molecule is CCOC(=O)N1[C@@H](c2ccccc2)CO[C@H]1[C@@H](O[Si](C)(C)C(C)(C)C)[C@H](Cc1ccccc1)NC(=O)OC(C)(C)C. The Labute approximate surface area is 246 Å². The first kappa shape index (κ1) is 32.6. The fourth-order valence-corrected chi connectivity index (χ4v) is 5.89. The minimum absolute atomic E-state index is 0.138. The molecule has 1 aliphatic rings. The molecule has 0 spiro atoms. The topological polar surface area (TPSA) is 86.3 Å². The molecule has 226 valence electrons. The molecule has 1 saturated heterocycles. The summed E-state index contributed by atoms with van der Waals surface area (Å²) in [4.78, 5) is 28.4. The summed E-state index contributed by atoms with van der Waals surface area (Å²) in [5.74, 6) is 0. The molecular weight excluding hydrogens is 536 g/mol. The number of rotatable bonds is 9. The van der Waals surface area contributed by atoms with Crippen LogP contribution in [0.3, 0.4) is 0 Å². The molecule has 8 nitrogen and oxygen atoms in total. The number of alkyl carbamates (subject to hydrolysis) is 1. The van der Waals surface area contributed by atoms with Crippen molar-refractivity contribution in [1.29, 1.82) is 0 Å². The lowest BCUT2D eigenvalue weighted by molar-refractivity contribution is -0.0677. The van der Waals surface area contributed by atoms with Crippen molar-refractivity contribution in [2.45, 2.75) is 103 Å². The Bertz CT molecular complexity index is 1130. The molecular formula is C32H48N2O6Si. The van der Waals surface area contributed by atoms with Gasteiger partial charge in [-0.1, -0.05) is 81.4 Å². The number of ether oxygens (including phenoxy) is 3. The molecule has 2 amide bonds. The second-order valence-electron chi connectivity index (χ2n) is 13.0. The zero-order valence-electron chi connectivity index (χ0n) is 26.1. The number of carbonyl (C=O) groups excluding carboxylic acids is 2. The Hall–Kier alpha value is -2.88. The maximum atomic E-state index is 13.6. The van der Waals surface area contributed by atoms with E-state index >= 15 is 0 Å². The van der Waals surface area contributed by atoms with Gasteiger partial charge in [-0.25, -0.2) is 9.59 Å². The number of hydrogen-bond acceptors (Lipinski definition) is 6. The highest BCUT2D eigenvalue weighted by molar-refractivity contribution is 6.74. The van der Waals surface area contributed by atoms with Crippen molar-refractivity contribution < 1.29 is 28.2 Å². The molecule has 4 atom stereocenters. The van der Waals surface area contributed by atoms with Gasteiger partial charge in [-0.05, 0) is 63.4 Å². The monoisotopic (exact) mass is 584 g/mol. The zero-order valence-corrected chi connectivity index (χ0v) is 27.1. The zero-order chi connectivity index (χ0) is 30.4. The van der Waals surface area contributed by atoms with Crippen LogP contribution in [0, 0.1) is 0 Å². The fourth-order valence-electron chi connectivity index (χ4n) is 4.57. The average molecular weight is 585 g/mol. The fraction of sp³-hybridized carbons (Fsp3) is 0.562. The van der Waals surface area contributed by atoms with Gasteiger partial charge in [0, 0.05) is 0 Å². The standard InChI is InChI=1S/C32H48N2O6Si/c1-10-37-30(36)34-26(24-19-15-12-16-20-24)22-38-28(34)27(40-41(8,9)32(5,6)7)25(21-23-17-13-11-14-18-23)33-29(35)39-31(2,3)4/h11-20,25-28H,10,21-22H2,1-9H3,(H,33,35)/t25-,26+,27-,28-/m0/s1. The van der Waals surface area contributed by atoms with Crippen molar-refractivity contribution >= 4 is 20.5 Å². The van der Waals surface area contributed by atoms with Crippen LogP contribution in [0.4, 0.5) is 9.59 Å². The van der Waals surface area contributed by atoms with Crippen LogP contribution in [0.2, 0.25) is 18.1 Å². The van der Waals surface area contributed by atoms with Gasteiger partial charge in [0.25, 0.3) is 0 Å². The molecule has 1 N–H and O–H groups in total. The largest absolute Gasteiger partial charge is 0.450 e. The van der Waals surface area contributed by atoms with E-state index in [2.05, 4.69) is 39.2 Å². The number of carbonyl (C=O) groups is 2. The molecule has 1 heterocycles. The van der Waals surface area contributed by atoms with Crippen LogP contribution >= 0.6 is 0 Å². The summed E-state index contributed by atoms with van der Waals surface area (Å²) in [7, 11) is -2.45. The first-order valence-electron chi connectivity index (χ1n) is 14.5. The van der Waals surface area contributed by atoms with Gasteiger partial charge in [0.1, 0.15) is 11.7 Å². The van der Waals surface area contributed by atoms with Crippen molar-refractivity contribution in [3.63, 3.8) is 0 Å². The summed E-state index contributed by atoms with van der Waals surface area (Å²) in [5.41, 5.74) is 1.27. The molecule has 0 saturated carbocycles. The van der Waals surface area contributed by atoms with Crippen LogP contribution in [0.5, 0.6) is 0 Å². The van der Waals surface area contributed by atoms with Gasteiger partial charge in [-0.15, -0.1) is 0 Å². The van der Waals surface area contributed by atoms with E-state index in [4.69, 9.17) is 18.6 Å². The first-order chi connectivity index (χ1) is 19.1. The van der Waals surface area contributed by atoms with E-state index in [-0.39, 0.29) is 24.3 Å². The Morgan fingerprint density at radius 1 is 1.00 bits per heavy atom. The minimum Gasteiger partial charge on any atom is -0.450 e. The summed E-state index contributed by atoms with van der Waals surface area (Å²) in [5, 5.41) is 2.96. The van der Waals surface area contributed by atoms with Gasteiger partial charge >= 0.3 is 12.2 Å². The predicted octanol–water partition coefficient (Wildman–Crippen LogP) is 7.07. The number of nitrogens with zero attached hydrogens (tertiary/aromatic N) is 1. The van der Waals surface area contributed by atoms with Crippen molar-refractivity contribution in [3.05, 3.63) is 71.8 Å².